The average Bonchev–Trinajstić information content (AvgIpc) is 3.44. The number of nitrogens with one attached hydrogen (secondary N) is 3. The van der Waals surface area contributed by atoms with Crippen LogP contribution < -0.4 is 16.0 Å². The molecule has 0 unspecified atom stereocenters. The third-order valence-electron chi connectivity index (χ3n) is 4.05. The first-order valence-corrected chi connectivity index (χ1v) is 8.91. The summed E-state index contributed by atoms with van der Waals surface area (Å²) < 4.78 is 38.6. The number of alkyl halides is 3. The largest absolute Gasteiger partial charge is 0.417 e. The van der Waals surface area contributed by atoms with E-state index in [4.69, 9.17) is 11.6 Å². The summed E-state index contributed by atoms with van der Waals surface area (Å²) in [5, 5.41) is 7.67. The highest BCUT2D eigenvalue weighted by Gasteiger charge is 2.33. The topological polar surface area (TPSA) is 70.2 Å². The molecule has 1 fully saturated rings. The van der Waals surface area contributed by atoms with E-state index in [1.54, 1.807) is 24.3 Å². The minimum atomic E-state index is -4.58. The Morgan fingerprint density at radius 2 is 1.82 bits per heavy atom. The van der Waals surface area contributed by atoms with Gasteiger partial charge < -0.3 is 16.0 Å². The Kier molecular flexibility index (Phi) is 5.79. The molecule has 0 bridgehead atoms. The predicted molar refractivity (Wildman–Crippen MR) is 101 cm³/mol. The zero-order chi connectivity index (χ0) is 20.3. The van der Waals surface area contributed by atoms with E-state index in [2.05, 4.69) is 16.0 Å². The van der Waals surface area contributed by atoms with Crippen molar-refractivity contribution in [1.29, 1.82) is 0 Å². The summed E-state index contributed by atoms with van der Waals surface area (Å²) in [5.74, 6) is -0.680. The van der Waals surface area contributed by atoms with E-state index in [9.17, 15) is 22.8 Å². The van der Waals surface area contributed by atoms with E-state index in [0.717, 1.165) is 25.0 Å². The van der Waals surface area contributed by atoms with Gasteiger partial charge in [0.25, 0.3) is 5.91 Å². The van der Waals surface area contributed by atoms with Crippen LogP contribution >= 0.6 is 11.6 Å². The Morgan fingerprint density at radius 3 is 2.50 bits per heavy atom. The highest BCUT2D eigenvalue weighted by molar-refractivity contribution is 6.31. The molecule has 5 nitrogen and oxygen atoms in total. The van der Waals surface area contributed by atoms with Crippen LogP contribution in [0.5, 0.6) is 0 Å². The Morgan fingerprint density at radius 1 is 1.07 bits per heavy atom. The second kappa shape index (κ2) is 8.10. The maximum absolute atomic E-state index is 12.9. The number of carbonyl (C=O) groups is 2. The fourth-order valence-electron chi connectivity index (χ4n) is 2.47. The monoisotopic (exact) mass is 411 g/mol. The zero-order valence-corrected chi connectivity index (χ0v) is 15.3. The fourth-order valence-corrected chi connectivity index (χ4v) is 2.70. The van der Waals surface area contributed by atoms with Crippen LogP contribution in [0.3, 0.4) is 0 Å². The van der Waals surface area contributed by atoms with Gasteiger partial charge in [0.15, 0.2) is 0 Å². The number of halogens is 4. The predicted octanol–water partition coefficient (Wildman–Crippen LogP) is 4.30. The molecule has 28 heavy (non-hydrogen) atoms. The smallest absolute Gasteiger partial charge is 0.376 e. The number of amides is 2. The third kappa shape index (κ3) is 5.39. The van der Waals surface area contributed by atoms with Gasteiger partial charge in [-0.25, -0.2) is 0 Å². The molecule has 2 amide bonds. The van der Waals surface area contributed by atoms with Gasteiger partial charge in [0.1, 0.15) is 0 Å². The molecule has 1 aliphatic rings. The van der Waals surface area contributed by atoms with E-state index in [1.807, 2.05) is 0 Å². The number of rotatable bonds is 6. The molecular formula is C19H17ClF3N3O2. The SMILES string of the molecule is O=C(CNc1ccc(Cl)c(C(F)(F)F)c1)Nc1cccc(C(=O)NC2CC2)c1. The minimum absolute atomic E-state index is 0.115. The lowest BCUT2D eigenvalue weighted by atomic mass is 10.2. The zero-order valence-electron chi connectivity index (χ0n) is 14.6. The number of carbonyl (C=O) groups excluding carboxylic acids is 2. The average molecular weight is 412 g/mol. The lowest BCUT2D eigenvalue weighted by Crippen LogP contribution is -2.26. The van der Waals surface area contributed by atoms with Gasteiger partial charge in [-0.05, 0) is 49.2 Å². The molecule has 0 spiro atoms. The number of hydrogen-bond acceptors (Lipinski definition) is 3. The van der Waals surface area contributed by atoms with Gasteiger partial charge in [-0.1, -0.05) is 17.7 Å². The van der Waals surface area contributed by atoms with Crippen LogP contribution in [0.25, 0.3) is 0 Å². The number of anilines is 2. The molecular weight excluding hydrogens is 395 g/mol. The highest BCUT2D eigenvalue weighted by Crippen LogP contribution is 2.36. The summed E-state index contributed by atoms with van der Waals surface area (Å²) >= 11 is 5.57. The van der Waals surface area contributed by atoms with Crippen molar-refractivity contribution in [2.75, 3.05) is 17.2 Å². The van der Waals surface area contributed by atoms with Crippen molar-refractivity contribution in [2.24, 2.45) is 0 Å². The van der Waals surface area contributed by atoms with Crippen LogP contribution in [0.15, 0.2) is 42.5 Å². The van der Waals surface area contributed by atoms with Gasteiger partial charge in [0.05, 0.1) is 17.1 Å². The van der Waals surface area contributed by atoms with Crippen molar-refractivity contribution >= 4 is 34.8 Å². The van der Waals surface area contributed by atoms with Crippen LogP contribution in [-0.2, 0) is 11.0 Å². The Hall–Kier alpha value is -2.74. The molecule has 0 radical (unpaired) electrons. The van der Waals surface area contributed by atoms with Gasteiger partial charge in [0.2, 0.25) is 5.91 Å². The minimum Gasteiger partial charge on any atom is -0.376 e. The van der Waals surface area contributed by atoms with Gasteiger partial charge in [-0.3, -0.25) is 9.59 Å². The van der Waals surface area contributed by atoms with E-state index in [-0.39, 0.29) is 24.2 Å². The molecule has 148 valence electrons. The molecule has 0 aromatic heterocycles. The quantitative estimate of drug-likeness (QED) is 0.663. The van der Waals surface area contributed by atoms with Crippen molar-refractivity contribution in [3.05, 3.63) is 58.6 Å². The summed E-state index contributed by atoms with van der Waals surface area (Å²) in [6.45, 7) is -0.253. The third-order valence-corrected chi connectivity index (χ3v) is 4.38. The van der Waals surface area contributed by atoms with Crippen molar-refractivity contribution < 1.29 is 22.8 Å². The lowest BCUT2D eigenvalue weighted by Gasteiger charge is -2.12. The van der Waals surface area contributed by atoms with Crippen LogP contribution in [-0.4, -0.2) is 24.4 Å². The first kappa shape index (κ1) is 20.0. The lowest BCUT2D eigenvalue weighted by molar-refractivity contribution is -0.137. The van der Waals surface area contributed by atoms with Crippen LogP contribution in [0.2, 0.25) is 5.02 Å². The summed E-state index contributed by atoms with van der Waals surface area (Å²) in [7, 11) is 0. The van der Waals surface area contributed by atoms with Crippen LogP contribution in [0.1, 0.15) is 28.8 Å². The van der Waals surface area contributed by atoms with Crippen molar-refractivity contribution in [3.63, 3.8) is 0 Å². The van der Waals surface area contributed by atoms with Crippen LogP contribution in [0, 0.1) is 0 Å². The highest BCUT2D eigenvalue weighted by atomic mass is 35.5. The molecule has 0 heterocycles. The van der Waals surface area contributed by atoms with Crippen LogP contribution in [0.4, 0.5) is 24.5 Å². The van der Waals surface area contributed by atoms with Crippen molar-refractivity contribution in [1.82, 2.24) is 5.32 Å². The molecule has 3 N–H and O–H groups in total. The summed E-state index contributed by atoms with van der Waals surface area (Å²) in [4.78, 5) is 24.1. The molecule has 1 saturated carbocycles. The fraction of sp³-hybridized carbons (Fsp3) is 0.263. The van der Waals surface area contributed by atoms with Crippen molar-refractivity contribution in [2.45, 2.75) is 25.1 Å². The molecule has 0 saturated heterocycles. The normalized spacial score (nSPS) is 13.7. The van der Waals surface area contributed by atoms with Gasteiger partial charge in [-0.15, -0.1) is 0 Å². The van der Waals surface area contributed by atoms with E-state index < -0.39 is 22.7 Å². The van der Waals surface area contributed by atoms with Gasteiger partial charge in [-0.2, -0.15) is 13.2 Å². The van der Waals surface area contributed by atoms with Gasteiger partial charge >= 0.3 is 6.18 Å². The summed E-state index contributed by atoms with van der Waals surface area (Å²) in [6.07, 6.45) is -2.65. The van der Waals surface area contributed by atoms with E-state index in [1.165, 1.54) is 6.07 Å². The summed E-state index contributed by atoms with van der Waals surface area (Å²) in [6, 6.07) is 9.97. The first-order valence-electron chi connectivity index (χ1n) is 8.54. The van der Waals surface area contributed by atoms with E-state index in [0.29, 0.717) is 11.3 Å². The van der Waals surface area contributed by atoms with E-state index >= 15 is 0 Å². The molecule has 3 rings (SSSR count). The first-order chi connectivity index (χ1) is 13.2. The second-order valence-corrected chi connectivity index (χ2v) is 6.83. The maximum atomic E-state index is 12.9. The molecule has 0 atom stereocenters. The number of benzene rings is 2. The standard InChI is InChI=1S/C19H17ClF3N3O2/c20-16-7-6-13(9-15(16)19(21,22)23)24-10-17(27)25-14-3-1-2-11(8-14)18(28)26-12-4-5-12/h1-3,6-9,12,24H,4-5,10H2,(H,25,27)(H,26,28). The maximum Gasteiger partial charge on any atom is 0.417 e. The summed E-state index contributed by atoms with van der Waals surface area (Å²) in [5.41, 5.74) is -0.0223. The Bertz CT molecular complexity index is 898. The molecule has 2 aromatic carbocycles. The van der Waals surface area contributed by atoms with Crippen molar-refractivity contribution in [3.8, 4) is 0 Å². The van der Waals surface area contributed by atoms with Gasteiger partial charge in [0, 0.05) is 23.0 Å². The Balaban J connectivity index is 1.58. The molecule has 9 heteroatoms. The molecule has 2 aromatic rings. The Labute approximate surface area is 164 Å². The number of hydrogen-bond donors (Lipinski definition) is 3. The molecule has 0 aliphatic heterocycles. The second-order valence-electron chi connectivity index (χ2n) is 6.42. The molecule has 1 aliphatic carbocycles.